The van der Waals surface area contributed by atoms with Gasteiger partial charge in [0, 0.05) is 0 Å². The summed E-state index contributed by atoms with van der Waals surface area (Å²) in [6, 6.07) is 0. The van der Waals surface area contributed by atoms with Crippen molar-refractivity contribution in [2.75, 3.05) is 7.11 Å². The van der Waals surface area contributed by atoms with E-state index >= 15 is 0 Å². The molecule has 0 saturated carbocycles. The molecule has 2 aliphatic rings. The standard InChI is InChI=1S/2C5H5.CH3O.ClH.Hf/c2*1-2-4-5-3-1;1-2;;/h2*1-3H,4H2;1H3;1H;/q;;-1;;+1. The van der Waals surface area contributed by atoms with Crippen LogP contribution in [0, 0.1) is 0 Å². The molecule has 0 saturated heterocycles. The van der Waals surface area contributed by atoms with Crippen molar-refractivity contribution in [2.24, 2.45) is 0 Å². The Kier molecular flexibility index (Phi) is 5.07. The second kappa shape index (κ2) is 5.84. The van der Waals surface area contributed by atoms with E-state index in [0.717, 1.165) is 12.8 Å². The number of allylic oxidation sites excluding steroid dienone is 8. The monoisotopic (exact) mass is 377 g/mol. The van der Waals surface area contributed by atoms with Crippen LogP contribution in [-0.2, 0) is 24.7 Å². The molecule has 0 N–H and O–H groups in total. The number of hydrogen-bond donors (Lipinski definition) is 0. The zero-order valence-corrected chi connectivity index (χ0v) is 12.6. The van der Waals surface area contributed by atoms with Gasteiger partial charge in [0.15, 0.2) is 0 Å². The Labute approximate surface area is 99.8 Å². The molecule has 1 nitrogen and oxygen atoms in total. The van der Waals surface area contributed by atoms with E-state index in [2.05, 4.69) is 36.5 Å². The van der Waals surface area contributed by atoms with Crippen LogP contribution >= 0.6 is 12.4 Å². The molecule has 14 heavy (non-hydrogen) atoms. The molecule has 0 radical (unpaired) electrons. The Morgan fingerprint density at radius 1 is 1.07 bits per heavy atom. The van der Waals surface area contributed by atoms with Crippen LogP contribution in [0.3, 0.4) is 0 Å². The van der Waals surface area contributed by atoms with E-state index in [1.165, 1.54) is 0 Å². The van der Waals surface area contributed by atoms with E-state index in [4.69, 9.17) is 2.85 Å². The molecule has 2 aliphatic carbocycles. The second-order valence-corrected chi connectivity index (χ2v) is 11.6. The SMILES string of the molecule is C[O][Hf]([C]1=CC=CC1)[C]1=CC=CC1.Cl. The molecule has 0 aromatic carbocycles. The van der Waals surface area contributed by atoms with Crippen molar-refractivity contribution in [2.45, 2.75) is 12.8 Å². The fourth-order valence-corrected chi connectivity index (χ4v) is 9.02. The quantitative estimate of drug-likeness (QED) is 0.688. The molecule has 0 fully saturated rings. The van der Waals surface area contributed by atoms with Gasteiger partial charge < -0.3 is 0 Å². The van der Waals surface area contributed by atoms with Gasteiger partial charge in [-0.05, 0) is 0 Å². The number of halogens is 1. The first-order valence-corrected chi connectivity index (χ1v) is 9.61. The largest absolute Gasteiger partial charge is 0.147 e. The molecule has 0 aromatic rings. The third kappa shape index (κ3) is 2.56. The maximum Gasteiger partial charge on any atom is -0.147 e. The first-order chi connectivity index (χ1) is 6.42. The van der Waals surface area contributed by atoms with Crippen molar-refractivity contribution in [1.29, 1.82) is 0 Å². The van der Waals surface area contributed by atoms with Crippen LogP contribution in [0.4, 0.5) is 0 Å². The van der Waals surface area contributed by atoms with Gasteiger partial charge in [0.2, 0.25) is 0 Å². The summed E-state index contributed by atoms with van der Waals surface area (Å²) in [4.78, 5) is 0. The van der Waals surface area contributed by atoms with E-state index in [0.29, 0.717) is 0 Å². The number of hydrogen-bond acceptors (Lipinski definition) is 1. The maximum absolute atomic E-state index is 5.71. The first-order valence-electron chi connectivity index (χ1n) is 4.55. The van der Waals surface area contributed by atoms with Gasteiger partial charge in [-0.2, -0.15) is 0 Å². The average molecular weight is 376 g/mol. The smallest absolute Gasteiger partial charge is 0.147 e. The summed E-state index contributed by atoms with van der Waals surface area (Å²) < 4.78 is 8.89. The van der Waals surface area contributed by atoms with E-state index in [9.17, 15) is 0 Å². The molecular weight excluding hydrogens is 362 g/mol. The number of rotatable bonds is 3. The van der Waals surface area contributed by atoms with Gasteiger partial charge in [0.25, 0.3) is 0 Å². The molecule has 0 spiro atoms. The summed E-state index contributed by atoms with van der Waals surface area (Å²) >= 11 is -1.98. The third-order valence-electron chi connectivity index (χ3n) is 2.33. The summed E-state index contributed by atoms with van der Waals surface area (Å²) in [5.74, 6) is 0. The van der Waals surface area contributed by atoms with Gasteiger partial charge in [0.05, 0.1) is 0 Å². The van der Waals surface area contributed by atoms with Gasteiger partial charge in [-0.3, -0.25) is 0 Å². The normalized spacial score (nSPS) is 17.8. The fraction of sp³-hybridized carbons (Fsp3) is 0.273. The van der Waals surface area contributed by atoms with Crippen LogP contribution in [-0.4, -0.2) is 7.11 Å². The summed E-state index contributed by atoms with van der Waals surface area (Å²) in [5.41, 5.74) is 0. The Morgan fingerprint density at radius 3 is 1.86 bits per heavy atom. The second-order valence-electron chi connectivity index (χ2n) is 3.18. The zero-order chi connectivity index (χ0) is 9.10. The van der Waals surface area contributed by atoms with Crippen molar-refractivity contribution in [3.63, 3.8) is 0 Å². The molecule has 3 heteroatoms. The van der Waals surface area contributed by atoms with E-state index < -0.39 is 21.9 Å². The van der Waals surface area contributed by atoms with E-state index in [1.807, 2.05) is 7.11 Å². The molecule has 0 aromatic heterocycles. The minimum Gasteiger partial charge on any atom is -0.147 e. The zero-order valence-electron chi connectivity index (χ0n) is 8.19. The predicted molar refractivity (Wildman–Crippen MR) is 57.9 cm³/mol. The Hall–Kier alpha value is 0.0801. The molecule has 0 bridgehead atoms. The fourth-order valence-electron chi connectivity index (χ4n) is 1.70. The topological polar surface area (TPSA) is 9.23 Å². The molecular formula is C11H14ClHfO. The molecule has 2 rings (SSSR count). The maximum atomic E-state index is 5.71. The average Bonchev–Trinajstić information content (AvgIpc) is 2.76. The van der Waals surface area contributed by atoms with Crippen molar-refractivity contribution in [3.8, 4) is 0 Å². The van der Waals surface area contributed by atoms with Crippen LogP contribution in [0.2, 0.25) is 0 Å². The molecule has 0 unspecified atom stereocenters. The van der Waals surface area contributed by atoms with Crippen LogP contribution < -0.4 is 0 Å². The first kappa shape index (κ1) is 12.2. The molecule has 0 atom stereocenters. The molecule has 0 aliphatic heterocycles. The summed E-state index contributed by atoms with van der Waals surface area (Å²) in [6.07, 6.45) is 15.5. The Bertz CT molecular complexity index is 285. The van der Waals surface area contributed by atoms with E-state index in [1.54, 1.807) is 6.66 Å². The van der Waals surface area contributed by atoms with Gasteiger partial charge in [-0.1, -0.05) is 0 Å². The van der Waals surface area contributed by atoms with Crippen molar-refractivity contribution in [1.82, 2.24) is 0 Å². The minimum atomic E-state index is -1.98. The van der Waals surface area contributed by atoms with Crippen LogP contribution in [0.25, 0.3) is 0 Å². The van der Waals surface area contributed by atoms with Crippen LogP contribution in [0.15, 0.2) is 43.1 Å². The summed E-state index contributed by atoms with van der Waals surface area (Å²) in [6.45, 7) is 0. The van der Waals surface area contributed by atoms with Crippen molar-refractivity contribution < 1.29 is 24.7 Å². The van der Waals surface area contributed by atoms with Crippen molar-refractivity contribution in [3.05, 3.63) is 43.1 Å². The third-order valence-corrected chi connectivity index (χ3v) is 10.7. The van der Waals surface area contributed by atoms with Gasteiger partial charge in [0.1, 0.15) is 0 Å². The Balaban J connectivity index is 0.000000980. The minimum absolute atomic E-state index is 0. The Morgan fingerprint density at radius 2 is 1.57 bits per heavy atom. The van der Waals surface area contributed by atoms with Gasteiger partial charge in [-0.25, -0.2) is 0 Å². The van der Waals surface area contributed by atoms with E-state index in [-0.39, 0.29) is 12.4 Å². The predicted octanol–water partition coefficient (Wildman–Crippen LogP) is 3.28. The van der Waals surface area contributed by atoms with Crippen molar-refractivity contribution >= 4 is 12.4 Å². The van der Waals surface area contributed by atoms with Gasteiger partial charge in [-0.15, -0.1) is 12.4 Å². The molecule has 0 amide bonds. The van der Waals surface area contributed by atoms with Crippen LogP contribution in [0.5, 0.6) is 0 Å². The molecule has 0 heterocycles. The van der Waals surface area contributed by atoms with Crippen LogP contribution in [0.1, 0.15) is 12.8 Å². The summed E-state index contributed by atoms with van der Waals surface area (Å²) in [5, 5.41) is 0. The molecule has 75 valence electrons. The van der Waals surface area contributed by atoms with Gasteiger partial charge >= 0.3 is 87.8 Å². The summed E-state index contributed by atoms with van der Waals surface area (Å²) in [7, 11) is 1.88.